The van der Waals surface area contributed by atoms with E-state index < -0.39 is 0 Å². The number of hydrogen-bond acceptors (Lipinski definition) is 2. The summed E-state index contributed by atoms with van der Waals surface area (Å²) in [7, 11) is 0. The molecule has 104 valence electrons. The molecule has 2 aromatic rings. The van der Waals surface area contributed by atoms with E-state index in [0.29, 0.717) is 12.3 Å². The summed E-state index contributed by atoms with van der Waals surface area (Å²) in [6, 6.07) is 18.0. The van der Waals surface area contributed by atoms with Crippen LogP contribution in [-0.2, 0) is 0 Å². The van der Waals surface area contributed by atoms with Gasteiger partial charge in [0.1, 0.15) is 0 Å². The lowest BCUT2D eigenvalue weighted by Gasteiger charge is -2.18. The SMILES string of the molecule is S=C1N=NC(CC(c2ccccc2)c2ccccc2Cl)=N1. The highest BCUT2D eigenvalue weighted by Gasteiger charge is 2.21. The molecule has 1 aliphatic heterocycles. The van der Waals surface area contributed by atoms with Gasteiger partial charge in [0.25, 0.3) is 0 Å². The Kier molecular flexibility index (Phi) is 4.18. The van der Waals surface area contributed by atoms with Gasteiger partial charge in [0.05, 0.1) is 0 Å². The van der Waals surface area contributed by atoms with Crippen LogP contribution < -0.4 is 0 Å². The molecule has 0 aliphatic carbocycles. The van der Waals surface area contributed by atoms with Crippen LogP contribution in [0.1, 0.15) is 23.5 Å². The molecule has 3 nitrogen and oxygen atoms in total. The van der Waals surface area contributed by atoms with Crippen molar-refractivity contribution in [1.29, 1.82) is 0 Å². The number of rotatable bonds is 4. The van der Waals surface area contributed by atoms with Gasteiger partial charge in [0.15, 0.2) is 5.84 Å². The molecule has 2 aromatic carbocycles. The van der Waals surface area contributed by atoms with Gasteiger partial charge in [0.2, 0.25) is 5.11 Å². The van der Waals surface area contributed by atoms with Gasteiger partial charge >= 0.3 is 0 Å². The third-order valence-corrected chi connectivity index (χ3v) is 3.86. The molecular formula is C16H12ClN3S. The van der Waals surface area contributed by atoms with E-state index in [2.05, 4.69) is 27.4 Å². The molecule has 0 amide bonds. The Morgan fingerprint density at radius 1 is 0.952 bits per heavy atom. The second kappa shape index (κ2) is 6.24. The highest BCUT2D eigenvalue weighted by atomic mass is 35.5. The van der Waals surface area contributed by atoms with Crippen LogP contribution in [0.2, 0.25) is 5.02 Å². The minimum Gasteiger partial charge on any atom is -0.200 e. The molecule has 0 fully saturated rings. The molecule has 0 radical (unpaired) electrons. The van der Waals surface area contributed by atoms with E-state index in [-0.39, 0.29) is 11.0 Å². The van der Waals surface area contributed by atoms with Gasteiger partial charge < -0.3 is 0 Å². The third kappa shape index (κ3) is 3.23. The number of benzene rings is 2. The highest BCUT2D eigenvalue weighted by Crippen LogP contribution is 2.33. The van der Waals surface area contributed by atoms with Crippen molar-refractivity contribution in [3.8, 4) is 0 Å². The van der Waals surface area contributed by atoms with Gasteiger partial charge in [-0.15, -0.1) is 10.2 Å². The number of hydrogen-bond donors (Lipinski definition) is 0. The zero-order chi connectivity index (χ0) is 14.7. The van der Waals surface area contributed by atoms with Crippen LogP contribution in [0.25, 0.3) is 0 Å². The Balaban J connectivity index is 2.00. The fraction of sp³-hybridized carbons (Fsp3) is 0.125. The first-order valence-electron chi connectivity index (χ1n) is 6.56. The van der Waals surface area contributed by atoms with Gasteiger partial charge in [-0.2, -0.15) is 4.99 Å². The molecule has 5 heteroatoms. The third-order valence-electron chi connectivity index (χ3n) is 3.34. The highest BCUT2D eigenvalue weighted by molar-refractivity contribution is 7.80. The number of aliphatic imine (C=N–C) groups is 1. The average molecular weight is 314 g/mol. The normalized spacial score (nSPS) is 15.1. The maximum absolute atomic E-state index is 6.36. The molecule has 1 atom stereocenters. The van der Waals surface area contributed by atoms with Crippen molar-refractivity contribution in [2.24, 2.45) is 15.2 Å². The molecule has 0 saturated carbocycles. The minimum atomic E-state index is 0.0819. The lowest BCUT2D eigenvalue weighted by atomic mass is 9.88. The van der Waals surface area contributed by atoms with E-state index in [1.54, 1.807) is 0 Å². The summed E-state index contributed by atoms with van der Waals surface area (Å²) < 4.78 is 0. The molecular weight excluding hydrogens is 302 g/mol. The van der Waals surface area contributed by atoms with E-state index in [0.717, 1.165) is 10.6 Å². The molecule has 3 rings (SSSR count). The average Bonchev–Trinajstić information content (AvgIpc) is 2.92. The van der Waals surface area contributed by atoms with Crippen LogP contribution in [0.15, 0.2) is 69.8 Å². The molecule has 21 heavy (non-hydrogen) atoms. The van der Waals surface area contributed by atoms with Crippen LogP contribution in [0.3, 0.4) is 0 Å². The summed E-state index contributed by atoms with van der Waals surface area (Å²) in [4.78, 5) is 4.18. The van der Waals surface area contributed by atoms with Crippen molar-refractivity contribution >= 4 is 34.8 Å². The van der Waals surface area contributed by atoms with Crippen LogP contribution in [0, 0.1) is 0 Å². The number of azo groups is 1. The summed E-state index contributed by atoms with van der Waals surface area (Å²) in [5.74, 6) is 0.729. The maximum atomic E-state index is 6.36. The summed E-state index contributed by atoms with van der Waals surface area (Å²) in [5.41, 5.74) is 2.22. The summed E-state index contributed by atoms with van der Waals surface area (Å²) in [6.07, 6.45) is 0.622. The number of halogens is 1. The Hall–Kier alpha value is -1.91. The number of nitrogens with zero attached hydrogens (tertiary/aromatic N) is 3. The monoisotopic (exact) mass is 313 g/mol. The first-order valence-corrected chi connectivity index (χ1v) is 7.35. The Morgan fingerprint density at radius 3 is 2.33 bits per heavy atom. The standard InChI is InChI=1S/C16H12ClN3S/c17-14-9-5-4-8-12(14)13(11-6-2-1-3-7-11)10-15-18-16(21)20-19-15/h1-9,13H,10H2. The molecule has 0 aromatic heterocycles. The Bertz CT molecular complexity index is 725. The van der Waals surface area contributed by atoms with E-state index in [1.807, 2.05) is 42.5 Å². The van der Waals surface area contributed by atoms with E-state index in [9.17, 15) is 0 Å². The van der Waals surface area contributed by atoms with Crippen molar-refractivity contribution in [2.75, 3.05) is 0 Å². The lowest BCUT2D eigenvalue weighted by molar-refractivity contribution is 0.850. The number of amidine groups is 1. The molecule has 0 saturated heterocycles. The smallest absolute Gasteiger partial charge is 0.200 e. The summed E-state index contributed by atoms with van der Waals surface area (Å²) in [5, 5.41) is 8.86. The molecule has 1 heterocycles. The predicted octanol–water partition coefficient (Wildman–Crippen LogP) is 5.01. The minimum absolute atomic E-state index is 0.0819. The van der Waals surface area contributed by atoms with Gasteiger partial charge in [-0.1, -0.05) is 60.1 Å². The topological polar surface area (TPSA) is 37.1 Å². The van der Waals surface area contributed by atoms with Crippen molar-refractivity contribution < 1.29 is 0 Å². The first-order chi connectivity index (χ1) is 10.2. The van der Waals surface area contributed by atoms with Gasteiger partial charge in [-0.25, -0.2) is 0 Å². The quantitative estimate of drug-likeness (QED) is 0.731. The van der Waals surface area contributed by atoms with Crippen LogP contribution >= 0.6 is 23.8 Å². The molecule has 0 N–H and O–H groups in total. The van der Waals surface area contributed by atoms with Gasteiger partial charge in [-0.05, 0) is 29.4 Å². The second-order valence-electron chi connectivity index (χ2n) is 4.70. The van der Waals surface area contributed by atoms with Crippen LogP contribution in [-0.4, -0.2) is 10.9 Å². The molecule has 0 spiro atoms. The zero-order valence-electron chi connectivity index (χ0n) is 11.1. The Morgan fingerprint density at radius 2 is 1.67 bits per heavy atom. The van der Waals surface area contributed by atoms with Crippen LogP contribution in [0.5, 0.6) is 0 Å². The molecule has 1 aliphatic rings. The first kappa shape index (κ1) is 14.0. The van der Waals surface area contributed by atoms with E-state index in [4.69, 9.17) is 23.8 Å². The fourth-order valence-corrected chi connectivity index (χ4v) is 2.79. The lowest BCUT2D eigenvalue weighted by Crippen LogP contribution is -2.07. The zero-order valence-corrected chi connectivity index (χ0v) is 12.7. The van der Waals surface area contributed by atoms with Crippen molar-refractivity contribution in [3.63, 3.8) is 0 Å². The molecule has 1 unspecified atom stereocenters. The van der Waals surface area contributed by atoms with Crippen molar-refractivity contribution in [1.82, 2.24) is 0 Å². The fourth-order valence-electron chi connectivity index (χ4n) is 2.38. The largest absolute Gasteiger partial charge is 0.241 e. The summed E-state index contributed by atoms with van der Waals surface area (Å²) >= 11 is 11.3. The second-order valence-corrected chi connectivity index (χ2v) is 5.47. The van der Waals surface area contributed by atoms with Gasteiger partial charge in [0, 0.05) is 17.4 Å². The van der Waals surface area contributed by atoms with Crippen LogP contribution in [0.4, 0.5) is 0 Å². The van der Waals surface area contributed by atoms with E-state index >= 15 is 0 Å². The molecule has 0 bridgehead atoms. The summed E-state index contributed by atoms with van der Waals surface area (Å²) in [6.45, 7) is 0. The number of thiocarbonyl (C=S) groups is 1. The Labute approximate surface area is 133 Å². The van der Waals surface area contributed by atoms with E-state index in [1.165, 1.54) is 5.56 Å². The van der Waals surface area contributed by atoms with Crippen molar-refractivity contribution in [3.05, 3.63) is 70.7 Å². The van der Waals surface area contributed by atoms with Gasteiger partial charge in [-0.3, -0.25) is 0 Å². The predicted molar refractivity (Wildman–Crippen MR) is 89.2 cm³/mol. The van der Waals surface area contributed by atoms with Crippen molar-refractivity contribution in [2.45, 2.75) is 12.3 Å². The maximum Gasteiger partial charge on any atom is 0.241 e.